The van der Waals surface area contributed by atoms with Crippen LogP contribution < -0.4 is 76.1 Å². The third-order valence-electron chi connectivity index (χ3n) is 11.6. The van der Waals surface area contributed by atoms with Crippen LogP contribution in [0.25, 0.3) is 10.9 Å². The van der Waals surface area contributed by atoms with Crippen molar-refractivity contribution in [3.05, 3.63) is 71.9 Å². The molecule has 1 aromatic heterocycles. The van der Waals surface area contributed by atoms with Crippen molar-refractivity contribution < 1.29 is 47.9 Å². The molecule has 0 spiro atoms. The first-order valence-electron chi connectivity index (χ1n) is 24.3. The molecule has 422 valence electrons. The number of carboxylic acids is 1. The summed E-state index contributed by atoms with van der Waals surface area (Å²) in [6.07, 6.45) is -1.01. The number of guanidine groups is 3. The predicted molar refractivity (Wildman–Crippen MR) is 292 cm³/mol. The summed E-state index contributed by atoms with van der Waals surface area (Å²) in [5.74, 6) is -9.49. The van der Waals surface area contributed by atoms with Crippen LogP contribution in [-0.2, 0) is 51.2 Å². The van der Waals surface area contributed by atoms with Crippen molar-refractivity contribution in [1.29, 1.82) is 16.2 Å². The molecule has 0 bridgehead atoms. The van der Waals surface area contributed by atoms with Gasteiger partial charge in [0.25, 0.3) is 0 Å². The van der Waals surface area contributed by atoms with E-state index >= 15 is 4.39 Å². The molecular weight excluding hydrogens is 1040 g/mol. The van der Waals surface area contributed by atoms with E-state index in [4.69, 9.17) is 39.2 Å². The number of alkyl halides is 1. The first-order chi connectivity index (χ1) is 36.5. The first kappa shape index (κ1) is 63.4. The van der Waals surface area contributed by atoms with E-state index in [1.807, 2.05) is 0 Å². The molecule has 9 atom stereocenters. The van der Waals surface area contributed by atoms with E-state index in [2.05, 4.69) is 83.4 Å². The topological polar surface area (TPSA) is 469 Å². The van der Waals surface area contributed by atoms with E-state index in [-0.39, 0.29) is 68.6 Å². The van der Waals surface area contributed by atoms with Crippen LogP contribution >= 0.6 is 25.3 Å². The fourth-order valence-corrected chi connectivity index (χ4v) is 7.98. The van der Waals surface area contributed by atoms with E-state index in [0.717, 1.165) is 0 Å². The number of H-pyrrole nitrogens is 1. The average molecular weight is 1120 g/mol. The number of aromatic amines is 1. The predicted octanol–water partition coefficient (Wildman–Crippen LogP) is -3.62. The van der Waals surface area contributed by atoms with Crippen molar-refractivity contribution in [3.63, 3.8) is 0 Å². The molecule has 0 aliphatic heterocycles. The minimum absolute atomic E-state index is 0.0680. The number of aliphatic carboxylic acids is 1. The number of para-hydroxylation sites is 1. The number of nitrogens with one attached hydrogen (secondary N) is 14. The molecule has 7 amide bonds. The van der Waals surface area contributed by atoms with Crippen molar-refractivity contribution in [2.45, 2.75) is 106 Å². The number of amides is 7. The maximum absolute atomic E-state index is 15.8. The highest BCUT2D eigenvalue weighted by Gasteiger charge is 2.35. The summed E-state index contributed by atoms with van der Waals surface area (Å²) in [7, 11) is 0. The summed E-state index contributed by atoms with van der Waals surface area (Å²) < 4.78 is 15.8. The molecule has 0 aliphatic rings. The van der Waals surface area contributed by atoms with Gasteiger partial charge >= 0.3 is 5.97 Å². The third-order valence-corrected chi connectivity index (χ3v) is 12.3. The molecule has 1 heterocycles. The average Bonchev–Trinajstić information content (AvgIpc) is 3.79. The Labute approximate surface area is 454 Å². The van der Waals surface area contributed by atoms with E-state index in [1.165, 1.54) is 6.92 Å². The van der Waals surface area contributed by atoms with E-state index in [0.29, 0.717) is 28.5 Å². The van der Waals surface area contributed by atoms with Gasteiger partial charge in [0.05, 0.1) is 6.04 Å². The Bertz CT molecular complexity index is 2530. The second-order valence-electron chi connectivity index (χ2n) is 17.8. The van der Waals surface area contributed by atoms with Crippen molar-refractivity contribution in [1.82, 2.24) is 58.2 Å². The molecule has 77 heavy (non-hydrogen) atoms. The molecule has 2 aromatic carbocycles. The zero-order valence-corrected chi connectivity index (χ0v) is 44.0. The monoisotopic (exact) mass is 1110 g/mol. The van der Waals surface area contributed by atoms with Crippen molar-refractivity contribution in [2.75, 3.05) is 31.1 Å². The number of aromatic nitrogens is 1. The van der Waals surface area contributed by atoms with Gasteiger partial charge in [-0.2, -0.15) is 25.3 Å². The highest BCUT2D eigenvalue weighted by Crippen LogP contribution is 2.20. The van der Waals surface area contributed by atoms with Crippen LogP contribution in [0.2, 0.25) is 0 Å². The number of carbonyl (C=O) groups is 8. The van der Waals surface area contributed by atoms with Crippen molar-refractivity contribution >= 4 is 101 Å². The van der Waals surface area contributed by atoms with Gasteiger partial charge in [0.2, 0.25) is 41.4 Å². The number of rotatable bonds is 33. The number of carbonyl (C=O) groups excluding carboxylic acids is 7. The Morgan fingerprint density at radius 2 is 1.08 bits per heavy atom. The lowest BCUT2D eigenvalue weighted by atomic mass is 10.0. The lowest BCUT2D eigenvalue weighted by molar-refractivity contribution is -0.141. The van der Waals surface area contributed by atoms with Crippen LogP contribution in [0.15, 0.2) is 60.8 Å². The third kappa shape index (κ3) is 22.5. The largest absolute Gasteiger partial charge is 0.480 e. The summed E-state index contributed by atoms with van der Waals surface area (Å²) in [5.41, 5.74) is 23.8. The summed E-state index contributed by atoms with van der Waals surface area (Å²) >= 11 is 8.20. The number of nitrogens with two attached hydrogens (primary N) is 4. The summed E-state index contributed by atoms with van der Waals surface area (Å²) in [5, 5.41) is 57.7. The molecule has 0 fully saturated rings. The van der Waals surface area contributed by atoms with E-state index < -0.39 is 121 Å². The Morgan fingerprint density at radius 3 is 1.66 bits per heavy atom. The summed E-state index contributed by atoms with van der Waals surface area (Å²) in [4.78, 5) is 112. The minimum Gasteiger partial charge on any atom is -0.480 e. The molecule has 27 nitrogen and oxygen atoms in total. The number of hydrogen-bond acceptors (Lipinski definition) is 14. The molecule has 3 rings (SSSR count). The van der Waals surface area contributed by atoms with Gasteiger partial charge in [0, 0.05) is 67.5 Å². The number of hydrogen-bond donors (Lipinski definition) is 21. The van der Waals surface area contributed by atoms with Gasteiger partial charge in [0.1, 0.15) is 48.5 Å². The summed E-state index contributed by atoms with van der Waals surface area (Å²) in [6, 6.07) is 3.98. The lowest BCUT2D eigenvalue weighted by Crippen LogP contribution is -2.61. The maximum Gasteiger partial charge on any atom is 0.327 e. The molecule has 3 aromatic rings. The molecule has 30 heteroatoms. The minimum atomic E-state index is -1.96. The smallest absolute Gasteiger partial charge is 0.327 e. The van der Waals surface area contributed by atoms with E-state index in [9.17, 15) is 43.5 Å². The van der Waals surface area contributed by atoms with Crippen LogP contribution in [-0.4, -0.2) is 161 Å². The van der Waals surface area contributed by atoms with Crippen LogP contribution in [0, 0.1) is 16.2 Å². The van der Waals surface area contributed by atoms with Gasteiger partial charge in [0.15, 0.2) is 17.9 Å². The second-order valence-corrected chi connectivity index (χ2v) is 18.5. The van der Waals surface area contributed by atoms with Gasteiger partial charge in [-0.3, -0.25) is 49.8 Å². The molecule has 23 N–H and O–H groups in total. The molecule has 0 saturated carbocycles. The zero-order chi connectivity index (χ0) is 57.2. The maximum atomic E-state index is 15.8. The highest BCUT2D eigenvalue weighted by molar-refractivity contribution is 7.80. The van der Waals surface area contributed by atoms with Gasteiger partial charge < -0.3 is 86.2 Å². The molecule has 1 unspecified atom stereocenters. The second kappa shape index (κ2) is 32.6. The number of benzene rings is 2. The summed E-state index contributed by atoms with van der Waals surface area (Å²) in [6.45, 7) is 1.08. The lowest BCUT2D eigenvalue weighted by Gasteiger charge is -2.28. The van der Waals surface area contributed by atoms with Gasteiger partial charge in [-0.05, 0) is 49.8 Å². The van der Waals surface area contributed by atoms with Gasteiger partial charge in [-0.25, -0.2) is 9.18 Å². The number of carboxylic acid groups (broad SMARTS) is 1. The fourth-order valence-electron chi connectivity index (χ4n) is 7.48. The van der Waals surface area contributed by atoms with Crippen LogP contribution in [0.3, 0.4) is 0 Å². The van der Waals surface area contributed by atoms with Crippen molar-refractivity contribution in [3.8, 4) is 0 Å². The van der Waals surface area contributed by atoms with Crippen LogP contribution in [0.5, 0.6) is 0 Å². The zero-order valence-electron chi connectivity index (χ0n) is 42.2. The van der Waals surface area contributed by atoms with Gasteiger partial charge in [-0.15, -0.1) is 0 Å². The molecular formula is C47H71FN18O9S2. The standard InChI is InChI=1S/C47H71FN18O9S2/c1-24(60-43(73)35(22-76)65-38(68)29(49)12-7-15-56-45(50)51)37(67)61-31(14-8-16-57-46(52)53)39(69)62-32(17-25-9-3-2-4-10-25)40(70)64-34(19-27(48)21-59-47(54)55)42(72)63-33(41(71)66-36(23-77)44(74)75)18-26-20-58-30-13-6-5-11-28(26)30/h2-6,9-11,13,20,24,27,29,31-36,58,76-77H,7-8,12,14-19,21-23,49H2,1H3,(H,60,73)(H,61,67)(H,62,69)(H,63,72)(H,64,70)(H,65,68)(H,66,71)(H,74,75)(H4,50,51,56)(H4,52,53,57)(H4,54,55,59)/t24-,27?,29+,31+,32-,33-,34+,35+,36+/m1/s1. The van der Waals surface area contributed by atoms with Crippen LogP contribution in [0.4, 0.5) is 4.39 Å². The number of thiol groups is 2. The SMILES string of the molecule is C[C@@H](NC(=O)[C@H](CS)NC(=O)[C@@H](N)CCCNC(=N)N)C(=O)N[C@@H](CCCNC(=N)N)C(=O)N[C@H](Cc1ccccc1)C(=O)N[C@@H](CC(F)CNC(=N)N)C(=O)N[C@H](Cc1c[nH]c2ccccc12)C(=O)N[C@@H](CS)C(=O)O. The number of fused-ring (bicyclic) bond motifs is 1. The molecule has 0 aliphatic carbocycles. The Balaban J connectivity index is 1.94. The van der Waals surface area contributed by atoms with Crippen molar-refractivity contribution in [2.24, 2.45) is 22.9 Å². The fraction of sp³-hybridized carbons (Fsp3) is 0.468. The van der Waals surface area contributed by atoms with E-state index in [1.54, 1.807) is 60.8 Å². The highest BCUT2D eigenvalue weighted by atomic mass is 32.1. The molecule has 0 radical (unpaired) electrons. The Kier molecular flexibility index (Phi) is 26.8. The van der Waals surface area contributed by atoms with Crippen LogP contribution in [0.1, 0.15) is 50.2 Å². The normalized spacial score (nSPS) is 14.5. The number of halogens is 1. The Hall–Kier alpha value is -7.86. The van der Waals surface area contributed by atoms with Gasteiger partial charge in [-0.1, -0.05) is 48.5 Å². The Morgan fingerprint density at radius 1 is 0.597 bits per heavy atom. The first-order valence-corrected chi connectivity index (χ1v) is 25.6. The quantitative estimate of drug-likeness (QED) is 0.0121. The molecule has 0 saturated heterocycles.